The van der Waals surface area contributed by atoms with Crippen LogP contribution in [-0.4, -0.2) is 19.2 Å². The molecule has 3 atom stereocenters. The molecule has 1 aromatic rings. The lowest BCUT2D eigenvalue weighted by molar-refractivity contribution is 0.0497. The molecule has 0 aromatic heterocycles. The molecule has 2 rings (SSSR count). The summed E-state index contributed by atoms with van der Waals surface area (Å²) in [5, 5.41) is 4.27. The van der Waals surface area contributed by atoms with Gasteiger partial charge in [-0.15, -0.1) is 0 Å². The molecule has 1 fully saturated rings. The second-order valence-corrected chi connectivity index (χ2v) is 4.92. The van der Waals surface area contributed by atoms with Gasteiger partial charge in [-0.05, 0) is 18.9 Å². The van der Waals surface area contributed by atoms with Crippen LogP contribution in [-0.2, 0) is 4.74 Å². The van der Waals surface area contributed by atoms with Crippen molar-refractivity contribution in [3.8, 4) is 0 Å². The molecule has 0 spiro atoms. The molecule has 88 valence electrons. The third-order valence-electron chi connectivity index (χ3n) is 3.29. The minimum absolute atomic E-state index is 0.0705. The maximum atomic E-state index is 6.18. The van der Waals surface area contributed by atoms with Crippen LogP contribution < -0.4 is 5.32 Å². The molecule has 1 heterocycles. The Labute approximate surface area is 102 Å². The molecule has 1 aromatic carbocycles. The summed E-state index contributed by atoms with van der Waals surface area (Å²) in [6.45, 7) is 6.01. The molecule has 16 heavy (non-hydrogen) atoms. The zero-order valence-corrected chi connectivity index (χ0v) is 10.5. The summed E-state index contributed by atoms with van der Waals surface area (Å²) >= 11 is 6.18. The number of hydrogen-bond donors (Lipinski definition) is 1. The molecule has 0 saturated carbocycles. The van der Waals surface area contributed by atoms with Gasteiger partial charge in [-0.3, -0.25) is 0 Å². The van der Waals surface area contributed by atoms with Crippen molar-refractivity contribution in [1.82, 2.24) is 5.32 Å². The highest BCUT2D eigenvalue weighted by atomic mass is 35.5. The fourth-order valence-corrected chi connectivity index (χ4v) is 2.16. The van der Waals surface area contributed by atoms with Crippen LogP contribution in [0.4, 0.5) is 0 Å². The SMILES string of the molecule is CC1COC(c2ccccc2Cl)CNC1C. The van der Waals surface area contributed by atoms with E-state index in [2.05, 4.69) is 19.2 Å². The van der Waals surface area contributed by atoms with E-state index >= 15 is 0 Å². The van der Waals surface area contributed by atoms with Crippen LogP contribution in [0.5, 0.6) is 0 Å². The van der Waals surface area contributed by atoms with Crippen LogP contribution in [0.3, 0.4) is 0 Å². The number of nitrogens with one attached hydrogen (secondary N) is 1. The second kappa shape index (κ2) is 5.17. The maximum absolute atomic E-state index is 6.18. The molecule has 2 nitrogen and oxygen atoms in total. The van der Waals surface area contributed by atoms with E-state index in [9.17, 15) is 0 Å². The van der Waals surface area contributed by atoms with Gasteiger partial charge in [0.25, 0.3) is 0 Å². The molecule has 1 saturated heterocycles. The van der Waals surface area contributed by atoms with Crippen LogP contribution >= 0.6 is 11.6 Å². The Morgan fingerprint density at radius 3 is 2.81 bits per heavy atom. The standard InChI is InChI=1S/C13H18ClNO/c1-9-8-16-13(7-15-10(9)2)11-5-3-4-6-12(11)14/h3-6,9-10,13,15H,7-8H2,1-2H3. The third kappa shape index (κ3) is 2.57. The molecule has 1 N–H and O–H groups in total. The Morgan fingerprint density at radius 1 is 1.31 bits per heavy atom. The Morgan fingerprint density at radius 2 is 2.06 bits per heavy atom. The molecule has 0 amide bonds. The van der Waals surface area contributed by atoms with E-state index in [1.54, 1.807) is 0 Å². The summed E-state index contributed by atoms with van der Waals surface area (Å²) in [4.78, 5) is 0. The highest BCUT2D eigenvalue weighted by Gasteiger charge is 2.23. The monoisotopic (exact) mass is 239 g/mol. The lowest BCUT2D eigenvalue weighted by Gasteiger charge is -2.16. The van der Waals surface area contributed by atoms with Gasteiger partial charge in [0.1, 0.15) is 0 Å². The van der Waals surface area contributed by atoms with E-state index in [4.69, 9.17) is 16.3 Å². The van der Waals surface area contributed by atoms with E-state index in [1.165, 1.54) is 0 Å². The highest BCUT2D eigenvalue weighted by Crippen LogP contribution is 2.27. The van der Waals surface area contributed by atoms with Gasteiger partial charge in [-0.2, -0.15) is 0 Å². The van der Waals surface area contributed by atoms with Crippen molar-refractivity contribution in [2.24, 2.45) is 5.92 Å². The average Bonchev–Trinajstić information content (AvgIpc) is 2.44. The highest BCUT2D eigenvalue weighted by molar-refractivity contribution is 6.31. The largest absolute Gasteiger partial charge is 0.372 e. The zero-order chi connectivity index (χ0) is 11.5. The van der Waals surface area contributed by atoms with E-state index < -0.39 is 0 Å². The summed E-state index contributed by atoms with van der Waals surface area (Å²) in [5.74, 6) is 0.535. The van der Waals surface area contributed by atoms with Gasteiger partial charge in [-0.1, -0.05) is 36.7 Å². The minimum atomic E-state index is 0.0705. The number of ether oxygens (including phenoxy) is 1. The summed E-state index contributed by atoms with van der Waals surface area (Å²) in [6, 6.07) is 8.39. The smallest absolute Gasteiger partial charge is 0.0963 e. The van der Waals surface area contributed by atoms with Gasteiger partial charge < -0.3 is 10.1 Å². The molecule has 3 unspecified atom stereocenters. The van der Waals surface area contributed by atoms with Crippen LogP contribution in [0.1, 0.15) is 25.5 Å². The van der Waals surface area contributed by atoms with Crippen molar-refractivity contribution in [3.05, 3.63) is 34.9 Å². The normalized spacial score (nSPS) is 31.1. The Bertz CT molecular complexity index is 344. The zero-order valence-electron chi connectivity index (χ0n) is 9.74. The van der Waals surface area contributed by atoms with Crippen molar-refractivity contribution in [3.63, 3.8) is 0 Å². The van der Waals surface area contributed by atoms with Crippen LogP contribution in [0.25, 0.3) is 0 Å². The number of rotatable bonds is 1. The number of benzene rings is 1. The van der Waals surface area contributed by atoms with Gasteiger partial charge >= 0.3 is 0 Å². The first kappa shape index (κ1) is 11.9. The van der Waals surface area contributed by atoms with E-state index in [0.29, 0.717) is 12.0 Å². The lowest BCUT2D eigenvalue weighted by atomic mass is 10.1. The molecule has 1 aliphatic rings. The van der Waals surface area contributed by atoms with Crippen molar-refractivity contribution >= 4 is 11.6 Å². The first-order valence-electron chi connectivity index (χ1n) is 5.78. The van der Waals surface area contributed by atoms with Crippen LogP contribution in [0.15, 0.2) is 24.3 Å². The van der Waals surface area contributed by atoms with Crippen molar-refractivity contribution in [2.75, 3.05) is 13.2 Å². The van der Waals surface area contributed by atoms with Gasteiger partial charge in [0.2, 0.25) is 0 Å². The molecule has 0 radical (unpaired) electrons. The van der Waals surface area contributed by atoms with E-state index in [0.717, 1.165) is 23.7 Å². The lowest BCUT2D eigenvalue weighted by Crippen LogP contribution is -2.32. The van der Waals surface area contributed by atoms with Crippen molar-refractivity contribution in [1.29, 1.82) is 0 Å². The molecule has 3 heteroatoms. The number of halogens is 1. The minimum Gasteiger partial charge on any atom is -0.372 e. The quantitative estimate of drug-likeness (QED) is 0.814. The van der Waals surface area contributed by atoms with Crippen molar-refractivity contribution < 1.29 is 4.74 Å². The van der Waals surface area contributed by atoms with Gasteiger partial charge in [0.05, 0.1) is 12.7 Å². The van der Waals surface area contributed by atoms with Gasteiger partial charge in [0, 0.05) is 23.2 Å². The third-order valence-corrected chi connectivity index (χ3v) is 3.64. The topological polar surface area (TPSA) is 21.3 Å². The first-order valence-corrected chi connectivity index (χ1v) is 6.15. The summed E-state index contributed by atoms with van der Waals surface area (Å²) in [7, 11) is 0. The van der Waals surface area contributed by atoms with Gasteiger partial charge in [0.15, 0.2) is 0 Å². The predicted octanol–water partition coefficient (Wildman–Crippen LogP) is 3.03. The Kier molecular flexibility index (Phi) is 3.85. The molecular formula is C13H18ClNO. The summed E-state index contributed by atoms with van der Waals surface area (Å²) in [6.07, 6.45) is 0.0705. The molecule has 0 aliphatic carbocycles. The first-order chi connectivity index (χ1) is 7.68. The van der Waals surface area contributed by atoms with E-state index in [-0.39, 0.29) is 6.10 Å². The van der Waals surface area contributed by atoms with E-state index in [1.807, 2.05) is 24.3 Å². The van der Waals surface area contributed by atoms with Gasteiger partial charge in [-0.25, -0.2) is 0 Å². The summed E-state index contributed by atoms with van der Waals surface area (Å²) in [5.41, 5.74) is 1.08. The fraction of sp³-hybridized carbons (Fsp3) is 0.538. The number of hydrogen-bond acceptors (Lipinski definition) is 2. The molecular weight excluding hydrogens is 222 g/mol. The maximum Gasteiger partial charge on any atom is 0.0963 e. The Balaban J connectivity index is 2.14. The predicted molar refractivity (Wildman–Crippen MR) is 66.8 cm³/mol. The second-order valence-electron chi connectivity index (χ2n) is 4.52. The van der Waals surface area contributed by atoms with Crippen LogP contribution in [0.2, 0.25) is 5.02 Å². The summed E-state index contributed by atoms with van der Waals surface area (Å²) < 4.78 is 5.91. The Hall–Kier alpha value is -0.570. The molecule has 1 aliphatic heterocycles. The molecule has 0 bridgehead atoms. The fourth-order valence-electron chi connectivity index (χ4n) is 1.90. The van der Waals surface area contributed by atoms with Crippen LogP contribution in [0, 0.1) is 5.92 Å². The average molecular weight is 240 g/mol. The van der Waals surface area contributed by atoms with Crippen molar-refractivity contribution in [2.45, 2.75) is 26.0 Å².